The van der Waals surface area contributed by atoms with Crippen molar-refractivity contribution < 1.29 is 4.98 Å². The van der Waals surface area contributed by atoms with Crippen LogP contribution in [0.15, 0.2) is 54.6 Å². The lowest BCUT2D eigenvalue weighted by Gasteiger charge is -1.95. The number of hydrogen-bond donors (Lipinski definition) is 1. The van der Waals surface area contributed by atoms with Crippen LogP contribution in [0, 0.1) is 0 Å². The average molecular weight is 223 g/mol. The smallest absolute Gasteiger partial charge is 0.241 e. The molecule has 1 heterocycles. The van der Waals surface area contributed by atoms with Crippen LogP contribution in [-0.4, -0.2) is 4.98 Å². The molecular formula is C15H15N2+. The summed E-state index contributed by atoms with van der Waals surface area (Å²) in [6, 6.07) is 18.9. The van der Waals surface area contributed by atoms with Crippen molar-refractivity contribution in [3.63, 3.8) is 0 Å². The van der Waals surface area contributed by atoms with Crippen LogP contribution in [-0.2, 0) is 12.8 Å². The number of rotatable bonds is 3. The van der Waals surface area contributed by atoms with E-state index in [0.29, 0.717) is 0 Å². The maximum Gasteiger partial charge on any atom is 0.253 e. The predicted molar refractivity (Wildman–Crippen MR) is 68.7 cm³/mol. The molecule has 0 aliphatic heterocycles. The molecule has 0 spiro atoms. The summed E-state index contributed by atoms with van der Waals surface area (Å²) in [5.74, 6) is 1.19. The Morgan fingerprint density at radius 1 is 0.824 bits per heavy atom. The third-order valence-corrected chi connectivity index (χ3v) is 3.00. The first kappa shape index (κ1) is 10.1. The van der Waals surface area contributed by atoms with Gasteiger partial charge in [-0.3, -0.25) is 0 Å². The Kier molecular flexibility index (Phi) is 2.62. The second-order valence-corrected chi connectivity index (χ2v) is 4.26. The maximum atomic E-state index is 3.41. The van der Waals surface area contributed by atoms with Gasteiger partial charge in [0.1, 0.15) is 0 Å². The van der Waals surface area contributed by atoms with Gasteiger partial charge in [-0.05, 0) is 24.1 Å². The van der Waals surface area contributed by atoms with E-state index in [4.69, 9.17) is 0 Å². The van der Waals surface area contributed by atoms with Crippen molar-refractivity contribution in [2.45, 2.75) is 12.8 Å². The van der Waals surface area contributed by atoms with Crippen LogP contribution in [0.5, 0.6) is 0 Å². The van der Waals surface area contributed by atoms with Crippen LogP contribution in [0.25, 0.3) is 11.0 Å². The zero-order valence-electron chi connectivity index (χ0n) is 9.61. The molecule has 2 N–H and O–H groups in total. The van der Waals surface area contributed by atoms with Crippen LogP contribution in [0.1, 0.15) is 11.4 Å². The summed E-state index contributed by atoms with van der Waals surface area (Å²) in [6.07, 6.45) is 2.07. The summed E-state index contributed by atoms with van der Waals surface area (Å²) in [7, 11) is 0. The Labute approximate surface area is 100 Å². The third-order valence-electron chi connectivity index (χ3n) is 3.00. The summed E-state index contributed by atoms with van der Waals surface area (Å²) in [5.41, 5.74) is 3.73. The van der Waals surface area contributed by atoms with Gasteiger partial charge in [0.05, 0.1) is 6.42 Å². The van der Waals surface area contributed by atoms with E-state index >= 15 is 0 Å². The summed E-state index contributed by atoms with van der Waals surface area (Å²) in [4.78, 5) is 6.82. The number of hydrogen-bond acceptors (Lipinski definition) is 0. The Hall–Kier alpha value is -2.09. The largest absolute Gasteiger partial charge is 0.253 e. The minimum atomic E-state index is 1.01. The van der Waals surface area contributed by atoms with Gasteiger partial charge in [0.25, 0.3) is 5.82 Å². The number of para-hydroxylation sites is 2. The van der Waals surface area contributed by atoms with E-state index in [1.807, 2.05) is 12.1 Å². The first-order valence-electron chi connectivity index (χ1n) is 5.95. The zero-order valence-corrected chi connectivity index (χ0v) is 9.61. The van der Waals surface area contributed by atoms with Gasteiger partial charge >= 0.3 is 0 Å². The normalized spacial score (nSPS) is 10.8. The highest BCUT2D eigenvalue weighted by molar-refractivity contribution is 5.70. The number of aromatic nitrogens is 2. The highest BCUT2D eigenvalue weighted by atomic mass is 14.9. The SMILES string of the molecule is c1ccc(CCc2[nH]c3ccccc3[nH+]2)cc1. The molecule has 3 aromatic rings. The van der Waals surface area contributed by atoms with Gasteiger partial charge in [-0.15, -0.1) is 0 Å². The fourth-order valence-electron chi connectivity index (χ4n) is 2.10. The summed E-state index contributed by atoms with van der Waals surface area (Å²) in [5, 5.41) is 0. The van der Waals surface area contributed by atoms with Gasteiger partial charge in [-0.1, -0.05) is 42.5 Å². The standard InChI is InChI=1S/C15H14N2/c1-2-6-12(7-3-1)10-11-15-16-13-8-4-5-9-14(13)17-15/h1-9H,10-11H2,(H,16,17)/p+1. The van der Waals surface area contributed by atoms with E-state index in [-0.39, 0.29) is 0 Å². The lowest BCUT2D eigenvalue weighted by atomic mass is 10.1. The average Bonchev–Trinajstić information content (AvgIpc) is 2.80. The highest BCUT2D eigenvalue weighted by Crippen LogP contribution is 2.08. The number of benzene rings is 2. The van der Waals surface area contributed by atoms with E-state index in [2.05, 4.69) is 52.4 Å². The lowest BCUT2D eigenvalue weighted by molar-refractivity contribution is -0.357. The fourth-order valence-corrected chi connectivity index (χ4v) is 2.10. The zero-order chi connectivity index (χ0) is 11.5. The maximum absolute atomic E-state index is 3.41. The molecule has 2 aromatic carbocycles. The van der Waals surface area contributed by atoms with Crippen molar-refractivity contribution >= 4 is 11.0 Å². The number of imidazole rings is 1. The van der Waals surface area contributed by atoms with Crippen molar-refractivity contribution in [1.29, 1.82) is 0 Å². The molecular weight excluding hydrogens is 208 g/mol. The first-order valence-corrected chi connectivity index (χ1v) is 5.95. The molecule has 0 aliphatic rings. The molecule has 0 bridgehead atoms. The lowest BCUT2D eigenvalue weighted by Crippen LogP contribution is -2.08. The van der Waals surface area contributed by atoms with Gasteiger partial charge in [0.2, 0.25) is 0 Å². The molecule has 2 nitrogen and oxygen atoms in total. The number of aromatic amines is 2. The van der Waals surface area contributed by atoms with Crippen molar-refractivity contribution in [2.75, 3.05) is 0 Å². The molecule has 0 fully saturated rings. The Morgan fingerprint density at radius 2 is 1.59 bits per heavy atom. The topological polar surface area (TPSA) is 29.9 Å². The predicted octanol–water partition coefficient (Wildman–Crippen LogP) is 2.77. The quantitative estimate of drug-likeness (QED) is 0.707. The summed E-state index contributed by atoms with van der Waals surface area (Å²) in [6.45, 7) is 0. The van der Waals surface area contributed by atoms with E-state index < -0.39 is 0 Å². The van der Waals surface area contributed by atoms with Crippen LogP contribution < -0.4 is 4.98 Å². The summed E-state index contributed by atoms with van der Waals surface area (Å²) < 4.78 is 0. The Balaban J connectivity index is 1.77. The van der Waals surface area contributed by atoms with E-state index in [1.54, 1.807) is 0 Å². The number of fused-ring (bicyclic) bond motifs is 1. The number of nitrogens with one attached hydrogen (secondary N) is 2. The highest BCUT2D eigenvalue weighted by Gasteiger charge is 2.08. The van der Waals surface area contributed by atoms with Crippen molar-refractivity contribution in [1.82, 2.24) is 4.98 Å². The van der Waals surface area contributed by atoms with E-state index in [0.717, 1.165) is 12.8 Å². The minimum absolute atomic E-state index is 1.01. The second-order valence-electron chi connectivity index (χ2n) is 4.26. The minimum Gasteiger partial charge on any atom is -0.241 e. The molecule has 0 aliphatic carbocycles. The van der Waals surface area contributed by atoms with Crippen LogP contribution in [0.4, 0.5) is 0 Å². The van der Waals surface area contributed by atoms with Gasteiger partial charge < -0.3 is 0 Å². The molecule has 0 unspecified atom stereocenters. The molecule has 3 rings (SSSR count). The fraction of sp³-hybridized carbons (Fsp3) is 0.133. The molecule has 0 atom stereocenters. The van der Waals surface area contributed by atoms with Gasteiger partial charge in [-0.2, -0.15) is 0 Å². The molecule has 0 radical (unpaired) electrons. The summed E-state index contributed by atoms with van der Waals surface area (Å²) >= 11 is 0. The van der Waals surface area contributed by atoms with E-state index in [1.165, 1.54) is 22.4 Å². The van der Waals surface area contributed by atoms with Crippen molar-refractivity contribution in [3.8, 4) is 0 Å². The van der Waals surface area contributed by atoms with Crippen LogP contribution in [0.3, 0.4) is 0 Å². The molecule has 17 heavy (non-hydrogen) atoms. The molecule has 0 amide bonds. The number of aryl methyl sites for hydroxylation is 2. The van der Waals surface area contributed by atoms with Gasteiger partial charge in [0, 0.05) is 0 Å². The monoisotopic (exact) mass is 223 g/mol. The first-order chi connectivity index (χ1) is 8.42. The van der Waals surface area contributed by atoms with Gasteiger partial charge in [-0.25, -0.2) is 9.97 Å². The van der Waals surface area contributed by atoms with Gasteiger partial charge in [0.15, 0.2) is 11.0 Å². The van der Waals surface area contributed by atoms with Crippen LogP contribution >= 0.6 is 0 Å². The molecule has 0 saturated carbocycles. The molecule has 2 heteroatoms. The molecule has 84 valence electrons. The second kappa shape index (κ2) is 4.42. The van der Waals surface area contributed by atoms with E-state index in [9.17, 15) is 0 Å². The number of H-pyrrole nitrogens is 2. The Morgan fingerprint density at radius 3 is 2.41 bits per heavy atom. The van der Waals surface area contributed by atoms with Crippen LogP contribution in [0.2, 0.25) is 0 Å². The van der Waals surface area contributed by atoms with Crippen molar-refractivity contribution in [2.24, 2.45) is 0 Å². The molecule has 0 saturated heterocycles. The van der Waals surface area contributed by atoms with Crippen molar-refractivity contribution in [3.05, 3.63) is 66.0 Å². The molecule has 1 aromatic heterocycles. The Bertz CT molecular complexity index is 578. The third kappa shape index (κ3) is 2.21.